The number of rotatable bonds is 2. The second-order valence-electron chi connectivity index (χ2n) is 4.43. The number of carbonyl (C=O) groups excluding carboxylic acids is 1. The van der Waals surface area contributed by atoms with Crippen molar-refractivity contribution in [1.29, 1.82) is 0 Å². The van der Waals surface area contributed by atoms with E-state index in [9.17, 15) is 4.79 Å². The SMILES string of the molecule is CCOC(=O)C1CNC2(CCOCC2)C1. The first kappa shape index (κ1) is 10.9. The molecule has 1 unspecified atom stereocenters. The van der Waals surface area contributed by atoms with Gasteiger partial charge >= 0.3 is 5.97 Å². The van der Waals surface area contributed by atoms with Gasteiger partial charge in [-0.05, 0) is 26.2 Å². The van der Waals surface area contributed by atoms with Gasteiger partial charge in [-0.1, -0.05) is 0 Å². The Morgan fingerprint density at radius 2 is 2.27 bits per heavy atom. The Kier molecular flexibility index (Phi) is 3.26. The van der Waals surface area contributed by atoms with Crippen molar-refractivity contribution < 1.29 is 14.3 Å². The van der Waals surface area contributed by atoms with Gasteiger partial charge in [0, 0.05) is 25.3 Å². The Morgan fingerprint density at radius 1 is 1.53 bits per heavy atom. The van der Waals surface area contributed by atoms with Crippen molar-refractivity contribution >= 4 is 5.97 Å². The van der Waals surface area contributed by atoms with Crippen LogP contribution in [0.3, 0.4) is 0 Å². The number of esters is 1. The highest BCUT2D eigenvalue weighted by Crippen LogP contribution is 2.33. The predicted molar refractivity (Wildman–Crippen MR) is 55.5 cm³/mol. The first-order chi connectivity index (χ1) is 7.26. The summed E-state index contributed by atoms with van der Waals surface area (Å²) in [5.41, 5.74) is 0.148. The van der Waals surface area contributed by atoms with E-state index in [1.807, 2.05) is 6.92 Å². The van der Waals surface area contributed by atoms with Crippen molar-refractivity contribution in [2.45, 2.75) is 31.7 Å². The maximum absolute atomic E-state index is 11.6. The zero-order valence-corrected chi connectivity index (χ0v) is 9.25. The fraction of sp³-hybridized carbons (Fsp3) is 0.909. The van der Waals surface area contributed by atoms with Gasteiger partial charge in [-0.2, -0.15) is 0 Å². The quantitative estimate of drug-likeness (QED) is 0.686. The summed E-state index contributed by atoms with van der Waals surface area (Å²) in [6.07, 6.45) is 2.95. The molecule has 0 aromatic carbocycles. The number of hydrogen-bond acceptors (Lipinski definition) is 4. The Labute approximate surface area is 90.3 Å². The van der Waals surface area contributed by atoms with Crippen LogP contribution in [0.5, 0.6) is 0 Å². The van der Waals surface area contributed by atoms with Crippen molar-refractivity contribution in [3.63, 3.8) is 0 Å². The first-order valence-electron chi connectivity index (χ1n) is 5.75. The predicted octanol–water partition coefficient (Wildman–Crippen LogP) is 0.708. The molecule has 1 spiro atoms. The van der Waals surface area contributed by atoms with Gasteiger partial charge in [-0.15, -0.1) is 0 Å². The molecule has 2 aliphatic heterocycles. The third-order valence-corrected chi connectivity index (χ3v) is 3.43. The summed E-state index contributed by atoms with van der Waals surface area (Å²) < 4.78 is 10.4. The summed E-state index contributed by atoms with van der Waals surface area (Å²) in [7, 11) is 0. The van der Waals surface area contributed by atoms with Crippen LogP contribution in [-0.4, -0.2) is 37.9 Å². The Morgan fingerprint density at radius 3 is 2.93 bits per heavy atom. The van der Waals surface area contributed by atoms with E-state index in [0.29, 0.717) is 6.61 Å². The van der Waals surface area contributed by atoms with Crippen LogP contribution in [0.2, 0.25) is 0 Å². The number of nitrogens with one attached hydrogen (secondary N) is 1. The smallest absolute Gasteiger partial charge is 0.310 e. The zero-order valence-electron chi connectivity index (χ0n) is 9.25. The van der Waals surface area contributed by atoms with Crippen LogP contribution in [0.25, 0.3) is 0 Å². The molecule has 4 nitrogen and oxygen atoms in total. The second-order valence-corrected chi connectivity index (χ2v) is 4.43. The average molecular weight is 213 g/mol. The van der Waals surface area contributed by atoms with Crippen LogP contribution in [-0.2, 0) is 14.3 Å². The molecule has 4 heteroatoms. The van der Waals surface area contributed by atoms with E-state index in [0.717, 1.165) is 39.0 Å². The zero-order chi connectivity index (χ0) is 10.7. The highest BCUT2D eigenvalue weighted by Gasteiger charge is 2.42. The molecular formula is C11H19NO3. The molecule has 86 valence electrons. The number of ether oxygens (including phenoxy) is 2. The number of hydrogen-bond donors (Lipinski definition) is 1. The van der Waals surface area contributed by atoms with E-state index in [-0.39, 0.29) is 17.4 Å². The Bertz CT molecular complexity index is 236. The van der Waals surface area contributed by atoms with E-state index in [1.54, 1.807) is 0 Å². The lowest BCUT2D eigenvalue weighted by atomic mass is 9.86. The molecule has 1 N–H and O–H groups in total. The molecule has 2 rings (SSSR count). The maximum atomic E-state index is 11.6. The topological polar surface area (TPSA) is 47.6 Å². The van der Waals surface area contributed by atoms with Gasteiger partial charge in [0.1, 0.15) is 0 Å². The molecule has 2 aliphatic rings. The summed E-state index contributed by atoms with van der Waals surface area (Å²) in [5, 5.41) is 3.48. The molecule has 0 radical (unpaired) electrons. The van der Waals surface area contributed by atoms with Gasteiger partial charge in [0.2, 0.25) is 0 Å². The lowest BCUT2D eigenvalue weighted by Crippen LogP contribution is -2.44. The third kappa shape index (κ3) is 2.32. The normalized spacial score (nSPS) is 29.3. The van der Waals surface area contributed by atoms with Crippen LogP contribution in [0.4, 0.5) is 0 Å². The van der Waals surface area contributed by atoms with Gasteiger partial charge in [0.25, 0.3) is 0 Å². The van der Waals surface area contributed by atoms with E-state index >= 15 is 0 Å². The number of carbonyl (C=O) groups is 1. The molecule has 0 saturated carbocycles. The van der Waals surface area contributed by atoms with Crippen LogP contribution >= 0.6 is 0 Å². The highest BCUT2D eigenvalue weighted by atomic mass is 16.5. The summed E-state index contributed by atoms with van der Waals surface area (Å²) in [6.45, 7) is 4.71. The van der Waals surface area contributed by atoms with Crippen LogP contribution in [0.1, 0.15) is 26.2 Å². The fourth-order valence-electron chi connectivity index (χ4n) is 2.53. The van der Waals surface area contributed by atoms with E-state index in [4.69, 9.17) is 9.47 Å². The standard InChI is InChI=1S/C11H19NO3/c1-2-15-10(13)9-7-11(12-8-9)3-5-14-6-4-11/h9,12H,2-8H2,1H3. The summed E-state index contributed by atoms with van der Waals surface area (Å²) >= 11 is 0. The maximum Gasteiger partial charge on any atom is 0.310 e. The molecule has 2 saturated heterocycles. The van der Waals surface area contributed by atoms with Crippen LogP contribution in [0.15, 0.2) is 0 Å². The summed E-state index contributed by atoms with van der Waals surface area (Å²) in [5.74, 6) is -0.00332. The van der Waals surface area contributed by atoms with Crippen molar-refractivity contribution in [2.24, 2.45) is 5.92 Å². The molecule has 0 bridgehead atoms. The van der Waals surface area contributed by atoms with E-state index in [1.165, 1.54) is 0 Å². The van der Waals surface area contributed by atoms with Gasteiger partial charge in [-0.25, -0.2) is 0 Å². The lowest BCUT2D eigenvalue weighted by Gasteiger charge is -2.33. The average Bonchev–Trinajstić information content (AvgIpc) is 2.64. The molecule has 0 aromatic heterocycles. The fourth-order valence-corrected chi connectivity index (χ4v) is 2.53. The highest BCUT2D eigenvalue weighted by molar-refractivity contribution is 5.73. The summed E-state index contributed by atoms with van der Waals surface area (Å²) in [4.78, 5) is 11.6. The van der Waals surface area contributed by atoms with Gasteiger partial charge < -0.3 is 14.8 Å². The Hall–Kier alpha value is -0.610. The van der Waals surface area contributed by atoms with E-state index in [2.05, 4.69) is 5.32 Å². The van der Waals surface area contributed by atoms with Crippen LogP contribution < -0.4 is 5.32 Å². The molecule has 15 heavy (non-hydrogen) atoms. The van der Waals surface area contributed by atoms with Gasteiger partial charge in [0.15, 0.2) is 0 Å². The minimum atomic E-state index is -0.0478. The van der Waals surface area contributed by atoms with Crippen molar-refractivity contribution in [2.75, 3.05) is 26.4 Å². The molecule has 0 aromatic rings. The molecule has 0 aliphatic carbocycles. The Balaban J connectivity index is 1.90. The van der Waals surface area contributed by atoms with Gasteiger partial charge in [0.05, 0.1) is 12.5 Å². The third-order valence-electron chi connectivity index (χ3n) is 3.43. The minimum absolute atomic E-state index is 0.0445. The van der Waals surface area contributed by atoms with Crippen molar-refractivity contribution in [1.82, 2.24) is 5.32 Å². The lowest BCUT2D eigenvalue weighted by molar-refractivity contribution is -0.147. The minimum Gasteiger partial charge on any atom is -0.466 e. The molecular weight excluding hydrogens is 194 g/mol. The molecule has 1 atom stereocenters. The first-order valence-corrected chi connectivity index (χ1v) is 5.75. The second kappa shape index (κ2) is 4.49. The summed E-state index contributed by atoms with van der Waals surface area (Å²) in [6, 6.07) is 0. The van der Waals surface area contributed by atoms with E-state index < -0.39 is 0 Å². The molecule has 2 fully saturated rings. The largest absolute Gasteiger partial charge is 0.466 e. The van der Waals surface area contributed by atoms with Crippen LogP contribution in [0, 0.1) is 5.92 Å². The molecule has 0 amide bonds. The van der Waals surface area contributed by atoms with Gasteiger partial charge in [-0.3, -0.25) is 4.79 Å². The van der Waals surface area contributed by atoms with Crippen molar-refractivity contribution in [3.05, 3.63) is 0 Å². The molecule has 2 heterocycles. The van der Waals surface area contributed by atoms with Crippen molar-refractivity contribution in [3.8, 4) is 0 Å². The monoisotopic (exact) mass is 213 g/mol.